The van der Waals surface area contributed by atoms with Crippen molar-refractivity contribution in [2.75, 3.05) is 5.32 Å². The van der Waals surface area contributed by atoms with Crippen molar-refractivity contribution >= 4 is 50.7 Å². The number of nitrogens with two attached hydrogens (primary N) is 1. The lowest BCUT2D eigenvalue weighted by atomic mass is 10.00. The molecular formula is C22H17ClF3N5O2S. The van der Waals surface area contributed by atoms with E-state index in [1.54, 1.807) is 31.2 Å². The number of aromatic nitrogens is 3. The second-order valence-electron chi connectivity index (χ2n) is 7.57. The molecule has 3 aromatic heterocycles. The monoisotopic (exact) mass is 507 g/mol. The summed E-state index contributed by atoms with van der Waals surface area (Å²) in [7, 11) is 0. The first-order chi connectivity index (χ1) is 16.0. The summed E-state index contributed by atoms with van der Waals surface area (Å²) in [4.78, 5) is 28.7. The Bertz CT molecular complexity index is 1410. The van der Waals surface area contributed by atoms with Crippen LogP contribution in [0.25, 0.3) is 21.3 Å². The van der Waals surface area contributed by atoms with Gasteiger partial charge in [-0.2, -0.15) is 18.3 Å². The standard InChI is InChI=1S/C22H17ClF3N5O2S/c1-10-3-5-12(6-4-10)14-7-15(22(24,25)26)29-21-16(14)17(18(34-21)19(27)32)30-20(33)11(2)31-9-13(23)8-28-31/h3-9,11H,1-2H3,(H2,27,32)(H,30,33). The minimum atomic E-state index is -4.72. The molecule has 7 nitrogen and oxygen atoms in total. The second kappa shape index (κ2) is 8.73. The van der Waals surface area contributed by atoms with E-state index in [1.165, 1.54) is 17.1 Å². The minimum Gasteiger partial charge on any atom is -0.365 e. The third kappa shape index (κ3) is 4.48. The van der Waals surface area contributed by atoms with E-state index in [0.717, 1.165) is 11.6 Å². The number of aryl methyl sites for hydroxylation is 1. The highest BCUT2D eigenvalue weighted by atomic mass is 35.5. The van der Waals surface area contributed by atoms with Crippen LogP contribution in [0.4, 0.5) is 18.9 Å². The Labute approximate surface area is 200 Å². The summed E-state index contributed by atoms with van der Waals surface area (Å²) in [5.74, 6) is -1.48. The Morgan fingerprint density at radius 2 is 1.91 bits per heavy atom. The van der Waals surface area contributed by atoms with Gasteiger partial charge < -0.3 is 11.1 Å². The van der Waals surface area contributed by atoms with Gasteiger partial charge in [-0.05, 0) is 31.0 Å². The summed E-state index contributed by atoms with van der Waals surface area (Å²) in [5, 5.41) is 7.16. The average Bonchev–Trinajstić information content (AvgIpc) is 3.36. The lowest BCUT2D eigenvalue weighted by molar-refractivity contribution is -0.140. The summed E-state index contributed by atoms with van der Waals surface area (Å²) < 4.78 is 42.1. The zero-order chi connectivity index (χ0) is 24.8. The number of nitrogens with zero attached hydrogens (tertiary/aromatic N) is 3. The molecule has 34 heavy (non-hydrogen) atoms. The van der Waals surface area contributed by atoms with Gasteiger partial charge in [0, 0.05) is 11.6 Å². The maximum absolute atomic E-state index is 13.6. The molecule has 0 aliphatic carbocycles. The molecule has 1 unspecified atom stereocenters. The van der Waals surface area contributed by atoms with Crippen molar-refractivity contribution in [1.29, 1.82) is 0 Å². The summed E-state index contributed by atoms with van der Waals surface area (Å²) in [6, 6.07) is 6.87. The van der Waals surface area contributed by atoms with Crippen molar-refractivity contribution in [1.82, 2.24) is 14.8 Å². The van der Waals surface area contributed by atoms with Crippen LogP contribution in [0.5, 0.6) is 0 Å². The number of alkyl halides is 3. The Morgan fingerprint density at radius 3 is 2.47 bits per heavy atom. The molecule has 0 radical (unpaired) electrons. The van der Waals surface area contributed by atoms with E-state index in [-0.39, 0.29) is 26.3 Å². The Kier molecular flexibility index (Phi) is 6.09. The van der Waals surface area contributed by atoms with Gasteiger partial charge in [0.15, 0.2) is 0 Å². The molecule has 1 aromatic carbocycles. The Balaban J connectivity index is 1.93. The molecule has 176 valence electrons. The highest BCUT2D eigenvalue weighted by Gasteiger charge is 2.35. The molecule has 0 aliphatic rings. The maximum Gasteiger partial charge on any atom is 0.433 e. The first-order valence-corrected chi connectivity index (χ1v) is 11.1. The van der Waals surface area contributed by atoms with Crippen molar-refractivity contribution in [3.8, 4) is 11.1 Å². The summed E-state index contributed by atoms with van der Waals surface area (Å²) >= 11 is 6.56. The zero-order valence-corrected chi connectivity index (χ0v) is 19.3. The normalized spacial score (nSPS) is 12.6. The number of pyridine rings is 1. The van der Waals surface area contributed by atoms with Crippen LogP contribution in [0.3, 0.4) is 0 Å². The third-order valence-corrected chi connectivity index (χ3v) is 6.43. The number of amides is 2. The minimum absolute atomic E-state index is 0.000553. The van der Waals surface area contributed by atoms with Crippen molar-refractivity contribution in [3.05, 3.63) is 63.9 Å². The van der Waals surface area contributed by atoms with E-state index < -0.39 is 29.7 Å². The summed E-state index contributed by atoms with van der Waals surface area (Å²) in [6.07, 6.45) is -1.92. The van der Waals surface area contributed by atoms with Gasteiger partial charge in [-0.25, -0.2) is 4.98 Å². The fourth-order valence-electron chi connectivity index (χ4n) is 3.37. The number of anilines is 1. The number of benzene rings is 1. The summed E-state index contributed by atoms with van der Waals surface area (Å²) in [5.41, 5.74) is 5.92. The molecule has 0 fully saturated rings. The zero-order valence-electron chi connectivity index (χ0n) is 17.8. The number of primary amides is 1. The number of nitrogens with one attached hydrogen (secondary N) is 1. The smallest absolute Gasteiger partial charge is 0.365 e. The highest BCUT2D eigenvalue weighted by molar-refractivity contribution is 7.21. The Hall–Kier alpha value is -3.44. The molecular weight excluding hydrogens is 491 g/mol. The number of fused-ring (bicyclic) bond motifs is 1. The molecule has 12 heteroatoms. The van der Waals surface area contributed by atoms with Crippen LogP contribution >= 0.6 is 22.9 Å². The van der Waals surface area contributed by atoms with Crippen LogP contribution < -0.4 is 11.1 Å². The van der Waals surface area contributed by atoms with Crippen molar-refractivity contribution < 1.29 is 22.8 Å². The Morgan fingerprint density at radius 1 is 1.24 bits per heavy atom. The van der Waals surface area contributed by atoms with Crippen LogP contribution in [-0.4, -0.2) is 26.6 Å². The number of halogens is 4. The SMILES string of the molecule is Cc1ccc(-c2cc(C(F)(F)F)nc3sc(C(N)=O)c(NC(=O)C(C)n4cc(Cl)cn4)c23)cc1. The largest absolute Gasteiger partial charge is 0.433 e. The van der Waals surface area contributed by atoms with Gasteiger partial charge in [0.2, 0.25) is 5.91 Å². The number of carbonyl (C=O) groups is 2. The molecule has 0 spiro atoms. The fourth-order valence-corrected chi connectivity index (χ4v) is 4.52. The van der Waals surface area contributed by atoms with E-state index in [4.69, 9.17) is 17.3 Å². The molecule has 4 aromatic rings. The molecule has 2 amide bonds. The topological polar surface area (TPSA) is 103 Å². The number of hydrogen-bond acceptors (Lipinski definition) is 5. The first kappa shape index (κ1) is 23.7. The average molecular weight is 508 g/mol. The van der Waals surface area contributed by atoms with Crippen LogP contribution in [0.15, 0.2) is 42.7 Å². The number of hydrogen-bond donors (Lipinski definition) is 2. The van der Waals surface area contributed by atoms with Crippen LogP contribution in [-0.2, 0) is 11.0 Å². The van der Waals surface area contributed by atoms with Gasteiger partial charge >= 0.3 is 6.18 Å². The van der Waals surface area contributed by atoms with Gasteiger partial charge in [0.05, 0.1) is 16.9 Å². The van der Waals surface area contributed by atoms with Gasteiger partial charge in [-0.3, -0.25) is 14.3 Å². The molecule has 3 heterocycles. The number of thiophene rings is 1. The van der Waals surface area contributed by atoms with Crippen LogP contribution in [0, 0.1) is 6.92 Å². The van der Waals surface area contributed by atoms with E-state index in [2.05, 4.69) is 15.4 Å². The number of rotatable bonds is 5. The lowest BCUT2D eigenvalue weighted by Crippen LogP contribution is -2.25. The van der Waals surface area contributed by atoms with E-state index in [0.29, 0.717) is 21.9 Å². The third-order valence-electron chi connectivity index (χ3n) is 5.13. The maximum atomic E-state index is 13.6. The molecule has 3 N–H and O–H groups in total. The van der Waals surface area contributed by atoms with Crippen molar-refractivity contribution in [3.63, 3.8) is 0 Å². The van der Waals surface area contributed by atoms with Crippen molar-refractivity contribution in [2.45, 2.75) is 26.1 Å². The van der Waals surface area contributed by atoms with Crippen LogP contribution in [0.2, 0.25) is 5.02 Å². The van der Waals surface area contributed by atoms with E-state index in [9.17, 15) is 22.8 Å². The van der Waals surface area contributed by atoms with E-state index in [1.807, 2.05) is 6.92 Å². The molecule has 4 rings (SSSR count). The van der Waals surface area contributed by atoms with Gasteiger partial charge in [-0.15, -0.1) is 11.3 Å². The first-order valence-electron chi connectivity index (χ1n) is 9.88. The van der Waals surface area contributed by atoms with Crippen LogP contribution in [0.1, 0.15) is 33.9 Å². The van der Waals surface area contributed by atoms with E-state index >= 15 is 0 Å². The summed E-state index contributed by atoms with van der Waals surface area (Å²) in [6.45, 7) is 3.40. The molecule has 0 bridgehead atoms. The lowest BCUT2D eigenvalue weighted by Gasteiger charge is -2.15. The predicted octanol–water partition coefficient (Wildman–Crippen LogP) is 5.44. The van der Waals surface area contributed by atoms with Gasteiger partial charge in [0.25, 0.3) is 5.91 Å². The number of carbonyl (C=O) groups excluding carboxylic acids is 2. The van der Waals surface area contributed by atoms with Crippen molar-refractivity contribution in [2.24, 2.45) is 5.73 Å². The quantitative estimate of drug-likeness (QED) is 0.375. The molecule has 1 atom stereocenters. The molecule has 0 saturated carbocycles. The molecule has 0 aliphatic heterocycles. The van der Waals surface area contributed by atoms with Gasteiger partial charge in [-0.1, -0.05) is 41.4 Å². The predicted molar refractivity (Wildman–Crippen MR) is 124 cm³/mol. The fraction of sp³-hybridized carbons (Fsp3) is 0.182. The highest BCUT2D eigenvalue weighted by Crippen LogP contribution is 2.43. The second-order valence-corrected chi connectivity index (χ2v) is 9.01. The molecule has 0 saturated heterocycles. The van der Waals surface area contributed by atoms with Gasteiger partial charge in [0.1, 0.15) is 21.4 Å².